The summed E-state index contributed by atoms with van der Waals surface area (Å²) in [5, 5.41) is 2.73. The number of hydrogen-bond donors (Lipinski definition) is 0. The van der Waals surface area contributed by atoms with E-state index in [1.54, 1.807) is 0 Å². The molecule has 1 aromatic heterocycles. The van der Waals surface area contributed by atoms with Gasteiger partial charge in [-0.15, -0.1) is 0 Å². The Bertz CT molecular complexity index is 1060. The van der Waals surface area contributed by atoms with Crippen LogP contribution in [0.1, 0.15) is 58.2 Å². The molecule has 1 heteroatoms. The molecule has 0 amide bonds. The molecule has 0 atom stereocenters. The molecule has 0 fully saturated rings. The zero-order chi connectivity index (χ0) is 20.1. The average Bonchev–Trinajstić information content (AvgIpc) is 2.94. The van der Waals surface area contributed by atoms with Gasteiger partial charge in [0.2, 0.25) is 0 Å². The van der Waals surface area contributed by atoms with Crippen LogP contribution in [-0.2, 0) is 17.4 Å². The van der Waals surface area contributed by atoms with Gasteiger partial charge in [-0.2, -0.15) is 0 Å². The van der Waals surface area contributed by atoms with Gasteiger partial charge in [0.15, 0.2) is 0 Å². The molecule has 0 saturated heterocycles. The van der Waals surface area contributed by atoms with Crippen molar-refractivity contribution in [3.05, 3.63) is 83.4 Å². The molecule has 0 saturated carbocycles. The zero-order valence-corrected chi connectivity index (χ0v) is 18.0. The van der Waals surface area contributed by atoms with Crippen LogP contribution in [-0.4, -0.2) is 4.57 Å². The highest BCUT2D eigenvalue weighted by Crippen LogP contribution is 2.36. The number of benzene rings is 3. The Kier molecular flexibility index (Phi) is 4.38. The molecular formula is C27H31N. The second kappa shape index (κ2) is 6.51. The molecule has 28 heavy (non-hydrogen) atoms. The van der Waals surface area contributed by atoms with Gasteiger partial charge < -0.3 is 4.57 Å². The first kappa shape index (κ1) is 18.8. The number of aromatic nitrogens is 1. The maximum absolute atomic E-state index is 2.47. The van der Waals surface area contributed by atoms with E-state index in [0.29, 0.717) is 0 Å². The Balaban J connectivity index is 2.01. The van der Waals surface area contributed by atoms with Gasteiger partial charge in [0.05, 0.1) is 0 Å². The predicted molar refractivity (Wildman–Crippen MR) is 122 cm³/mol. The van der Waals surface area contributed by atoms with Gasteiger partial charge in [-0.1, -0.05) is 84.0 Å². The van der Waals surface area contributed by atoms with Crippen LogP contribution in [0.2, 0.25) is 0 Å². The molecule has 1 heterocycles. The molecule has 144 valence electrons. The third-order valence-corrected chi connectivity index (χ3v) is 5.78. The summed E-state index contributed by atoms with van der Waals surface area (Å²) in [7, 11) is 0. The second-order valence-corrected chi connectivity index (χ2v) is 10.0. The van der Waals surface area contributed by atoms with E-state index in [-0.39, 0.29) is 10.8 Å². The topological polar surface area (TPSA) is 4.93 Å². The summed E-state index contributed by atoms with van der Waals surface area (Å²) in [5.74, 6) is 0. The standard InChI is InChI=1S/C27H31N/c1-26(2,3)20-12-14-24-22(16-20)23-17-21(27(4,5)6)13-15-25(23)28(24)18-19-10-8-7-9-11-19/h7-17H,18H2,1-6H3. The normalized spacial score (nSPS) is 12.8. The van der Waals surface area contributed by atoms with Crippen LogP contribution in [0, 0.1) is 0 Å². The first-order valence-electron chi connectivity index (χ1n) is 10.3. The summed E-state index contributed by atoms with van der Waals surface area (Å²) in [6.45, 7) is 14.6. The summed E-state index contributed by atoms with van der Waals surface area (Å²) in [5.41, 5.74) is 7.03. The lowest BCUT2D eigenvalue weighted by atomic mass is 9.85. The van der Waals surface area contributed by atoms with Gasteiger partial charge in [-0.05, 0) is 51.8 Å². The third-order valence-electron chi connectivity index (χ3n) is 5.78. The van der Waals surface area contributed by atoms with Crippen LogP contribution in [0.4, 0.5) is 0 Å². The monoisotopic (exact) mass is 369 g/mol. The van der Waals surface area contributed by atoms with Crippen molar-refractivity contribution in [1.29, 1.82) is 0 Å². The van der Waals surface area contributed by atoms with Crippen LogP contribution in [0.3, 0.4) is 0 Å². The molecule has 0 aliphatic rings. The Morgan fingerprint density at radius 2 is 1.07 bits per heavy atom. The van der Waals surface area contributed by atoms with Crippen molar-refractivity contribution < 1.29 is 0 Å². The fraction of sp³-hybridized carbons (Fsp3) is 0.333. The van der Waals surface area contributed by atoms with Gasteiger partial charge in [0.1, 0.15) is 0 Å². The summed E-state index contributed by atoms with van der Waals surface area (Å²) < 4.78 is 2.47. The van der Waals surface area contributed by atoms with E-state index in [9.17, 15) is 0 Å². The van der Waals surface area contributed by atoms with Crippen molar-refractivity contribution >= 4 is 21.8 Å². The highest BCUT2D eigenvalue weighted by molar-refractivity contribution is 6.08. The van der Waals surface area contributed by atoms with Crippen molar-refractivity contribution in [1.82, 2.24) is 4.57 Å². The lowest BCUT2D eigenvalue weighted by Crippen LogP contribution is -2.10. The van der Waals surface area contributed by atoms with E-state index in [4.69, 9.17) is 0 Å². The van der Waals surface area contributed by atoms with Crippen LogP contribution >= 0.6 is 0 Å². The van der Waals surface area contributed by atoms with Crippen LogP contribution in [0.25, 0.3) is 21.8 Å². The van der Waals surface area contributed by atoms with Crippen molar-refractivity contribution in [2.45, 2.75) is 58.9 Å². The van der Waals surface area contributed by atoms with Gasteiger partial charge in [-0.3, -0.25) is 0 Å². The van der Waals surface area contributed by atoms with Gasteiger partial charge in [-0.25, -0.2) is 0 Å². The number of fused-ring (bicyclic) bond motifs is 3. The van der Waals surface area contributed by atoms with E-state index in [0.717, 1.165) is 6.54 Å². The largest absolute Gasteiger partial charge is 0.336 e. The molecule has 0 radical (unpaired) electrons. The van der Waals surface area contributed by atoms with E-state index in [1.165, 1.54) is 38.5 Å². The highest BCUT2D eigenvalue weighted by atomic mass is 15.0. The van der Waals surface area contributed by atoms with Gasteiger partial charge >= 0.3 is 0 Å². The summed E-state index contributed by atoms with van der Waals surface area (Å²) in [6.07, 6.45) is 0. The maximum Gasteiger partial charge on any atom is 0.0494 e. The van der Waals surface area contributed by atoms with E-state index in [2.05, 4.69) is 113 Å². The number of nitrogens with zero attached hydrogens (tertiary/aromatic N) is 1. The summed E-state index contributed by atoms with van der Waals surface area (Å²) in [4.78, 5) is 0. The minimum atomic E-state index is 0.143. The van der Waals surface area contributed by atoms with Crippen molar-refractivity contribution in [3.63, 3.8) is 0 Å². The zero-order valence-electron chi connectivity index (χ0n) is 18.0. The molecule has 0 bridgehead atoms. The fourth-order valence-electron chi connectivity index (χ4n) is 3.97. The molecule has 4 aromatic rings. The lowest BCUT2D eigenvalue weighted by molar-refractivity contribution is 0.590. The molecular weight excluding hydrogens is 338 g/mol. The van der Waals surface area contributed by atoms with Gasteiger partial charge in [0, 0.05) is 28.4 Å². The van der Waals surface area contributed by atoms with Gasteiger partial charge in [0.25, 0.3) is 0 Å². The second-order valence-electron chi connectivity index (χ2n) is 10.0. The quantitative estimate of drug-likeness (QED) is 0.346. The molecule has 0 N–H and O–H groups in total. The SMILES string of the molecule is CC(C)(C)c1ccc2c(c1)c1cc(C(C)(C)C)ccc1n2Cc1ccccc1. The van der Waals surface area contributed by atoms with Crippen LogP contribution < -0.4 is 0 Å². The van der Waals surface area contributed by atoms with E-state index in [1.807, 2.05) is 0 Å². The Morgan fingerprint density at radius 3 is 1.50 bits per heavy atom. The molecule has 0 unspecified atom stereocenters. The van der Waals surface area contributed by atoms with Crippen molar-refractivity contribution in [2.24, 2.45) is 0 Å². The Morgan fingerprint density at radius 1 is 0.607 bits per heavy atom. The average molecular weight is 370 g/mol. The van der Waals surface area contributed by atoms with E-state index >= 15 is 0 Å². The number of rotatable bonds is 2. The number of hydrogen-bond acceptors (Lipinski definition) is 0. The summed E-state index contributed by atoms with van der Waals surface area (Å²) >= 11 is 0. The third kappa shape index (κ3) is 3.35. The predicted octanol–water partition coefficient (Wildman–Crippen LogP) is 7.44. The first-order valence-corrected chi connectivity index (χ1v) is 10.3. The molecule has 4 rings (SSSR count). The lowest BCUT2D eigenvalue weighted by Gasteiger charge is -2.19. The smallest absolute Gasteiger partial charge is 0.0494 e. The van der Waals surface area contributed by atoms with Crippen LogP contribution in [0.15, 0.2) is 66.7 Å². The minimum Gasteiger partial charge on any atom is -0.336 e. The highest BCUT2D eigenvalue weighted by Gasteiger charge is 2.20. The molecule has 1 nitrogen and oxygen atoms in total. The summed E-state index contributed by atoms with van der Waals surface area (Å²) in [6, 6.07) is 24.8. The maximum atomic E-state index is 2.47. The Labute approximate surface area is 169 Å². The molecule has 3 aromatic carbocycles. The van der Waals surface area contributed by atoms with Crippen LogP contribution in [0.5, 0.6) is 0 Å². The first-order chi connectivity index (χ1) is 13.1. The molecule has 0 aliphatic carbocycles. The molecule has 0 aliphatic heterocycles. The van der Waals surface area contributed by atoms with Crippen molar-refractivity contribution in [2.75, 3.05) is 0 Å². The molecule has 0 spiro atoms. The Hall–Kier alpha value is -2.54. The fourth-order valence-corrected chi connectivity index (χ4v) is 3.97. The van der Waals surface area contributed by atoms with Crippen molar-refractivity contribution in [3.8, 4) is 0 Å². The van der Waals surface area contributed by atoms with E-state index < -0.39 is 0 Å². The minimum absolute atomic E-state index is 0.143.